The molecule has 2 N–H and O–H groups in total. The van der Waals surface area contributed by atoms with Crippen molar-refractivity contribution in [1.82, 2.24) is 10.2 Å². The van der Waals surface area contributed by atoms with Gasteiger partial charge in [0.05, 0.1) is 18.8 Å². The fourth-order valence-corrected chi connectivity index (χ4v) is 2.72. The second-order valence-electron chi connectivity index (χ2n) is 6.98. The van der Waals surface area contributed by atoms with Crippen molar-refractivity contribution >= 4 is 23.2 Å². The van der Waals surface area contributed by atoms with Crippen molar-refractivity contribution in [3.05, 3.63) is 23.8 Å². The van der Waals surface area contributed by atoms with Gasteiger partial charge >= 0.3 is 0 Å². The normalized spacial score (nSPS) is 15.0. The molecule has 1 fully saturated rings. The van der Waals surface area contributed by atoms with Crippen LogP contribution in [0.5, 0.6) is 0 Å². The number of rotatable bonds is 7. The van der Waals surface area contributed by atoms with E-state index in [2.05, 4.69) is 15.5 Å². The van der Waals surface area contributed by atoms with Crippen LogP contribution >= 0.6 is 0 Å². The summed E-state index contributed by atoms with van der Waals surface area (Å²) in [5, 5.41) is 5.84. The zero-order chi connectivity index (χ0) is 19.1. The van der Waals surface area contributed by atoms with Crippen LogP contribution in [0.1, 0.15) is 24.2 Å². The molecule has 0 bridgehead atoms. The third kappa shape index (κ3) is 5.71. The zero-order valence-corrected chi connectivity index (χ0v) is 16.2. The number of anilines is 2. The van der Waals surface area contributed by atoms with Crippen LogP contribution in [0.4, 0.5) is 11.4 Å². The average Bonchev–Trinajstić information content (AvgIpc) is 2.62. The number of ether oxygens (including phenoxy) is 1. The maximum atomic E-state index is 12.7. The molecule has 1 saturated heterocycles. The van der Waals surface area contributed by atoms with Crippen molar-refractivity contribution in [3.8, 4) is 0 Å². The molecular formula is C19H30N4O3. The maximum absolute atomic E-state index is 12.7. The van der Waals surface area contributed by atoms with E-state index < -0.39 is 0 Å². The first-order valence-electron chi connectivity index (χ1n) is 9.09. The summed E-state index contributed by atoms with van der Waals surface area (Å²) in [6.45, 7) is 8.34. The van der Waals surface area contributed by atoms with Gasteiger partial charge < -0.3 is 20.3 Å². The van der Waals surface area contributed by atoms with E-state index in [1.807, 2.05) is 45.0 Å². The van der Waals surface area contributed by atoms with Crippen molar-refractivity contribution in [3.63, 3.8) is 0 Å². The summed E-state index contributed by atoms with van der Waals surface area (Å²) < 4.78 is 5.33. The predicted octanol–water partition coefficient (Wildman–Crippen LogP) is 1.41. The first-order valence-corrected chi connectivity index (χ1v) is 9.09. The molecule has 1 heterocycles. The van der Waals surface area contributed by atoms with Gasteiger partial charge in [-0.25, -0.2) is 0 Å². The Morgan fingerprint density at radius 2 is 1.92 bits per heavy atom. The van der Waals surface area contributed by atoms with Crippen LogP contribution in [0.2, 0.25) is 0 Å². The summed E-state index contributed by atoms with van der Waals surface area (Å²) in [5.41, 5.74) is 2.00. The Labute approximate surface area is 155 Å². The molecule has 1 aromatic carbocycles. The van der Waals surface area contributed by atoms with Crippen LogP contribution in [0.15, 0.2) is 18.2 Å². The van der Waals surface area contributed by atoms with Crippen molar-refractivity contribution in [1.29, 1.82) is 0 Å². The van der Waals surface area contributed by atoms with E-state index >= 15 is 0 Å². The lowest BCUT2D eigenvalue weighted by molar-refractivity contribution is -0.118. The monoisotopic (exact) mass is 362 g/mol. The molecule has 0 aliphatic carbocycles. The second kappa shape index (κ2) is 9.54. The van der Waals surface area contributed by atoms with E-state index in [4.69, 9.17) is 4.74 Å². The van der Waals surface area contributed by atoms with Gasteiger partial charge in [0.1, 0.15) is 0 Å². The van der Waals surface area contributed by atoms with Gasteiger partial charge in [0.15, 0.2) is 0 Å². The third-order valence-corrected chi connectivity index (χ3v) is 4.33. The fourth-order valence-electron chi connectivity index (χ4n) is 2.72. The number of nitrogens with zero attached hydrogens (tertiary/aromatic N) is 2. The van der Waals surface area contributed by atoms with Crippen LogP contribution in [0, 0.1) is 5.92 Å². The Hall–Kier alpha value is -2.12. The first-order chi connectivity index (χ1) is 12.4. The number of amides is 2. The molecule has 1 aromatic rings. The lowest BCUT2D eigenvalue weighted by atomic mass is 10.1. The molecule has 0 unspecified atom stereocenters. The minimum Gasteiger partial charge on any atom is -0.379 e. The summed E-state index contributed by atoms with van der Waals surface area (Å²) in [5.74, 6) is -0.321. The number of benzene rings is 1. The lowest BCUT2D eigenvalue weighted by Crippen LogP contribution is -2.41. The second-order valence-corrected chi connectivity index (χ2v) is 6.98. The van der Waals surface area contributed by atoms with Crippen LogP contribution in [0.25, 0.3) is 0 Å². The Morgan fingerprint density at radius 3 is 2.54 bits per heavy atom. The number of nitrogens with one attached hydrogen (secondary N) is 2. The van der Waals surface area contributed by atoms with E-state index in [0.29, 0.717) is 17.8 Å². The summed E-state index contributed by atoms with van der Waals surface area (Å²) in [4.78, 5) is 28.8. The molecule has 0 aromatic heterocycles. The highest BCUT2D eigenvalue weighted by Crippen LogP contribution is 2.23. The number of hydrogen-bond donors (Lipinski definition) is 2. The summed E-state index contributed by atoms with van der Waals surface area (Å²) in [6, 6.07) is 5.41. The van der Waals surface area contributed by atoms with Crippen molar-refractivity contribution in [2.75, 3.05) is 63.7 Å². The number of morpholine rings is 1. The van der Waals surface area contributed by atoms with Gasteiger partial charge in [0.25, 0.3) is 5.91 Å². The molecule has 7 heteroatoms. The zero-order valence-electron chi connectivity index (χ0n) is 16.2. The molecule has 1 aliphatic heterocycles. The minimum absolute atomic E-state index is 0.0683. The van der Waals surface area contributed by atoms with Gasteiger partial charge in [-0.3, -0.25) is 14.5 Å². The first kappa shape index (κ1) is 20.2. The Bertz CT molecular complexity index is 625. The van der Waals surface area contributed by atoms with Gasteiger partial charge in [0.2, 0.25) is 5.91 Å². The minimum atomic E-state index is -0.136. The molecule has 1 aliphatic rings. The van der Waals surface area contributed by atoms with Gasteiger partial charge in [0, 0.05) is 57.6 Å². The van der Waals surface area contributed by atoms with E-state index in [-0.39, 0.29) is 17.7 Å². The Morgan fingerprint density at radius 1 is 1.23 bits per heavy atom. The molecule has 26 heavy (non-hydrogen) atoms. The standard InChI is InChI=1S/C19H30N4O3/c1-14(2)18(24)21-15-5-6-17(22(3)4)16(13-15)19(25)20-7-8-23-9-11-26-12-10-23/h5-6,13-14H,7-12H2,1-4H3,(H,20,25)(H,21,24). The molecular weight excluding hydrogens is 332 g/mol. The number of carbonyl (C=O) groups excluding carboxylic acids is 2. The van der Waals surface area contributed by atoms with Crippen LogP contribution < -0.4 is 15.5 Å². The Kier molecular flexibility index (Phi) is 7.41. The summed E-state index contributed by atoms with van der Waals surface area (Å²) in [6.07, 6.45) is 0. The third-order valence-electron chi connectivity index (χ3n) is 4.33. The van der Waals surface area contributed by atoms with Crippen molar-refractivity contribution in [2.24, 2.45) is 5.92 Å². The van der Waals surface area contributed by atoms with Crippen LogP contribution in [-0.4, -0.2) is 70.2 Å². The molecule has 0 atom stereocenters. The van der Waals surface area contributed by atoms with Crippen molar-refractivity contribution < 1.29 is 14.3 Å². The molecule has 2 rings (SSSR count). The number of carbonyl (C=O) groups is 2. The molecule has 0 radical (unpaired) electrons. The van der Waals surface area contributed by atoms with Crippen LogP contribution in [-0.2, 0) is 9.53 Å². The predicted molar refractivity (Wildman–Crippen MR) is 104 cm³/mol. The Balaban J connectivity index is 2.03. The van der Waals surface area contributed by atoms with E-state index in [0.717, 1.165) is 38.5 Å². The SMILES string of the molecule is CC(C)C(=O)Nc1ccc(N(C)C)c(C(=O)NCCN2CCOCC2)c1. The maximum Gasteiger partial charge on any atom is 0.253 e. The lowest BCUT2D eigenvalue weighted by Gasteiger charge is -2.26. The molecule has 144 valence electrons. The van der Waals surface area contributed by atoms with E-state index in [1.54, 1.807) is 6.07 Å². The van der Waals surface area contributed by atoms with Crippen molar-refractivity contribution in [2.45, 2.75) is 13.8 Å². The molecule has 0 spiro atoms. The largest absolute Gasteiger partial charge is 0.379 e. The summed E-state index contributed by atoms with van der Waals surface area (Å²) >= 11 is 0. The highest BCUT2D eigenvalue weighted by atomic mass is 16.5. The smallest absolute Gasteiger partial charge is 0.253 e. The molecule has 2 amide bonds. The molecule has 7 nitrogen and oxygen atoms in total. The average molecular weight is 362 g/mol. The van der Waals surface area contributed by atoms with E-state index in [9.17, 15) is 9.59 Å². The number of hydrogen-bond acceptors (Lipinski definition) is 5. The quantitative estimate of drug-likeness (QED) is 0.767. The van der Waals surface area contributed by atoms with Gasteiger partial charge in [-0.15, -0.1) is 0 Å². The topological polar surface area (TPSA) is 73.9 Å². The van der Waals surface area contributed by atoms with E-state index in [1.165, 1.54) is 0 Å². The summed E-state index contributed by atoms with van der Waals surface area (Å²) in [7, 11) is 3.79. The van der Waals surface area contributed by atoms with Gasteiger partial charge in [-0.1, -0.05) is 13.8 Å². The van der Waals surface area contributed by atoms with Gasteiger partial charge in [-0.05, 0) is 18.2 Å². The fraction of sp³-hybridized carbons (Fsp3) is 0.579. The van der Waals surface area contributed by atoms with Gasteiger partial charge in [-0.2, -0.15) is 0 Å². The highest BCUT2D eigenvalue weighted by Gasteiger charge is 2.16. The highest BCUT2D eigenvalue weighted by molar-refractivity contribution is 6.02. The van der Waals surface area contributed by atoms with Crippen LogP contribution in [0.3, 0.4) is 0 Å². The molecule has 0 saturated carbocycles.